The maximum absolute atomic E-state index is 2.25. The minimum atomic E-state index is 1.14. The van der Waals surface area contributed by atoms with E-state index in [1.807, 2.05) is 0 Å². The molecule has 38 heavy (non-hydrogen) atoms. The van der Waals surface area contributed by atoms with Crippen LogP contribution in [0.5, 0.6) is 0 Å². The van der Waals surface area contributed by atoms with Gasteiger partial charge in [-0.15, -0.1) is 0 Å². The van der Waals surface area contributed by atoms with Gasteiger partial charge in [-0.3, -0.25) is 0 Å². The van der Waals surface area contributed by atoms with Gasteiger partial charge in [-0.05, 0) is 75.6 Å². The van der Waals surface area contributed by atoms with Crippen LogP contribution in [0.2, 0.25) is 0 Å². The minimum absolute atomic E-state index is 1.14. The highest BCUT2D eigenvalue weighted by Crippen LogP contribution is 2.06. The van der Waals surface area contributed by atoms with Crippen LogP contribution in [-0.4, -0.2) is 0 Å². The van der Waals surface area contributed by atoms with Crippen LogP contribution in [0.1, 0.15) is 85.0 Å². The highest BCUT2D eigenvalue weighted by Gasteiger charge is 1.90. The van der Waals surface area contributed by atoms with E-state index in [4.69, 9.17) is 0 Å². The Morgan fingerprint density at radius 3 is 1.16 bits per heavy atom. The van der Waals surface area contributed by atoms with Crippen LogP contribution in [0, 0.1) is 27.7 Å². The highest BCUT2D eigenvalue weighted by molar-refractivity contribution is 5.23. The van der Waals surface area contributed by atoms with Crippen LogP contribution in [0.25, 0.3) is 0 Å². The van der Waals surface area contributed by atoms with Gasteiger partial charge in [0.1, 0.15) is 0 Å². The summed E-state index contributed by atoms with van der Waals surface area (Å²) in [6, 6.07) is 34.7. The first-order chi connectivity index (χ1) is 18.3. The molecule has 0 amide bonds. The summed E-state index contributed by atoms with van der Waals surface area (Å²) >= 11 is 0. The Labute approximate surface area is 235 Å². The summed E-state index contributed by atoms with van der Waals surface area (Å²) in [5, 5.41) is 0. The maximum atomic E-state index is 2.25. The fourth-order valence-corrected chi connectivity index (χ4v) is 3.96. The molecule has 0 fully saturated rings. The monoisotopic (exact) mass is 508 g/mol. The van der Waals surface area contributed by atoms with Gasteiger partial charge < -0.3 is 0 Å². The van der Waals surface area contributed by atoms with Gasteiger partial charge in [0.15, 0.2) is 0 Å². The third-order valence-electron chi connectivity index (χ3n) is 6.30. The fourth-order valence-electron chi connectivity index (χ4n) is 3.96. The molecule has 0 heterocycles. The zero-order chi connectivity index (χ0) is 28.2. The van der Waals surface area contributed by atoms with Crippen molar-refractivity contribution in [1.82, 2.24) is 0 Å². The van der Waals surface area contributed by atoms with E-state index < -0.39 is 0 Å². The molecule has 0 radical (unpaired) electrons. The zero-order valence-electron chi connectivity index (χ0n) is 25.5. The molecule has 4 rings (SSSR count). The molecule has 4 aromatic carbocycles. The molecule has 0 aliphatic carbocycles. The Balaban J connectivity index is 0.000000254. The second-order valence-corrected chi connectivity index (χ2v) is 10.2. The normalized spacial score (nSPS) is 9.68. The average Bonchev–Trinajstić information content (AvgIpc) is 2.92. The standard InChI is InChI=1S/2C10H14.2C9H12/c1-3-5-10-7-4-6-9(2)8-10;1-3-4-10-7-5-9(2)6-8-10;1-3-9-6-4-8(2)5-7-9;1-3-9-6-4-5-8(2)7-9/h4,6-8H,3,5H2,1-2H3;5-8H,3-4H2,1-2H3;2*4-7H,3H2,1-2H3. The molecule has 0 saturated carbocycles. The Hall–Kier alpha value is -3.12. The lowest BCUT2D eigenvalue weighted by molar-refractivity contribution is 0.920. The van der Waals surface area contributed by atoms with Gasteiger partial charge in [-0.25, -0.2) is 0 Å². The van der Waals surface area contributed by atoms with Crippen molar-refractivity contribution < 1.29 is 0 Å². The summed E-state index contributed by atoms with van der Waals surface area (Å²) < 4.78 is 0. The van der Waals surface area contributed by atoms with Crippen LogP contribution in [0.15, 0.2) is 97.1 Å². The van der Waals surface area contributed by atoms with Crippen molar-refractivity contribution in [3.8, 4) is 0 Å². The van der Waals surface area contributed by atoms with Crippen molar-refractivity contribution >= 4 is 0 Å². The number of hydrogen-bond acceptors (Lipinski definition) is 0. The first-order valence-electron chi connectivity index (χ1n) is 14.5. The largest absolute Gasteiger partial charge is 0.0651 e. The molecule has 4 aromatic rings. The van der Waals surface area contributed by atoms with Crippen LogP contribution in [-0.2, 0) is 25.7 Å². The molecule has 0 atom stereocenters. The van der Waals surface area contributed by atoms with E-state index in [1.54, 1.807) is 0 Å². The first-order valence-corrected chi connectivity index (χ1v) is 14.5. The predicted octanol–water partition coefficient (Wildman–Crippen LogP) is 11.0. The Bertz CT molecular complexity index is 1120. The quantitative estimate of drug-likeness (QED) is 0.243. The topological polar surface area (TPSA) is 0 Å². The van der Waals surface area contributed by atoms with E-state index in [0.717, 1.165) is 12.8 Å². The van der Waals surface area contributed by atoms with E-state index in [1.165, 1.54) is 70.2 Å². The lowest BCUT2D eigenvalue weighted by Crippen LogP contribution is -1.82. The lowest BCUT2D eigenvalue weighted by Gasteiger charge is -1.97. The van der Waals surface area contributed by atoms with Crippen molar-refractivity contribution in [1.29, 1.82) is 0 Å². The van der Waals surface area contributed by atoms with E-state index in [9.17, 15) is 0 Å². The predicted molar refractivity (Wildman–Crippen MR) is 171 cm³/mol. The summed E-state index contributed by atoms with van der Waals surface area (Å²) in [6.45, 7) is 17.3. The van der Waals surface area contributed by atoms with Gasteiger partial charge in [-0.1, -0.05) is 160 Å². The number of hydrogen-bond donors (Lipinski definition) is 0. The van der Waals surface area contributed by atoms with Gasteiger partial charge in [0.05, 0.1) is 0 Å². The van der Waals surface area contributed by atoms with E-state index >= 15 is 0 Å². The maximum Gasteiger partial charge on any atom is -0.0281 e. The average molecular weight is 509 g/mol. The second kappa shape index (κ2) is 19.9. The highest BCUT2D eigenvalue weighted by atomic mass is 14.0. The van der Waals surface area contributed by atoms with Gasteiger partial charge in [0.2, 0.25) is 0 Å². The summed E-state index contributed by atoms with van der Waals surface area (Å²) in [5.74, 6) is 0. The van der Waals surface area contributed by atoms with Crippen molar-refractivity contribution in [2.45, 2.75) is 93.9 Å². The molecular weight excluding hydrogens is 456 g/mol. The molecule has 0 unspecified atom stereocenters. The molecule has 0 aliphatic heterocycles. The van der Waals surface area contributed by atoms with E-state index in [0.29, 0.717) is 0 Å². The summed E-state index contributed by atoms with van der Waals surface area (Å²) in [4.78, 5) is 0. The van der Waals surface area contributed by atoms with Crippen molar-refractivity contribution in [2.75, 3.05) is 0 Å². The van der Waals surface area contributed by atoms with Gasteiger partial charge in [0, 0.05) is 0 Å². The first kappa shape index (κ1) is 32.9. The second-order valence-electron chi connectivity index (χ2n) is 10.2. The third kappa shape index (κ3) is 15.2. The molecular formula is C38H52. The molecule has 0 bridgehead atoms. The van der Waals surface area contributed by atoms with E-state index in [2.05, 4.69) is 152 Å². The molecule has 204 valence electrons. The summed E-state index contributed by atoms with van der Waals surface area (Å²) in [5.41, 5.74) is 11.2. The molecule has 0 aromatic heterocycles. The Morgan fingerprint density at radius 2 is 0.763 bits per heavy atom. The van der Waals surface area contributed by atoms with Gasteiger partial charge in [0.25, 0.3) is 0 Å². The van der Waals surface area contributed by atoms with Gasteiger partial charge >= 0.3 is 0 Å². The minimum Gasteiger partial charge on any atom is -0.0651 e. The van der Waals surface area contributed by atoms with Gasteiger partial charge in [-0.2, -0.15) is 0 Å². The Morgan fingerprint density at radius 1 is 0.368 bits per heavy atom. The Kier molecular flexibility index (Phi) is 17.3. The van der Waals surface area contributed by atoms with Crippen molar-refractivity contribution in [3.63, 3.8) is 0 Å². The lowest BCUT2D eigenvalue weighted by atomic mass is 10.1. The van der Waals surface area contributed by atoms with E-state index in [-0.39, 0.29) is 0 Å². The molecule has 0 N–H and O–H groups in total. The summed E-state index contributed by atoms with van der Waals surface area (Å²) in [6.07, 6.45) is 7.18. The smallest absolute Gasteiger partial charge is 0.0281 e. The van der Waals surface area contributed by atoms with Crippen molar-refractivity contribution in [2.24, 2.45) is 0 Å². The molecule has 0 heteroatoms. The van der Waals surface area contributed by atoms with Crippen LogP contribution >= 0.6 is 0 Å². The molecule has 0 saturated heterocycles. The molecule has 0 nitrogen and oxygen atoms in total. The zero-order valence-corrected chi connectivity index (χ0v) is 25.5. The van der Waals surface area contributed by atoms with Crippen LogP contribution in [0.4, 0.5) is 0 Å². The van der Waals surface area contributed by atoms with Crippen LogP contribution < -0.4 is 0 Å². The van der Waals surface area contributed by atoms with Crippen molar-refractivity contribution in [3.05, 3.63) is 142 Å². The number of benzene rings is 4. The number of rotatable bonds is 6. The van der Waals surface area contributed by atoms with Crippen LogP contribution in [0.3, 0.4) is 0 Å². The third-order valence-corrected chi connectivity index (χ3v) is 6.30. The summed E-state index contributed by atoms with van der Waals surface area (Å²) in [7, 11) is 0. The fraction of sp³-hybridized carbons (Fsp3) is 0.368. The molecule has 0 spiro atoms. The number of aryl methyl sites for hydroxylation is 8. The molecule has 0 aliphatic rings. The SMILES string of the molecule is CCCc1ccc(C)cc1.CCCc1cccc(C)c1.CCc1ccc(C)cc1.CCc1cccc(C)c1.